The van der Waals surface area contributed by atoms with Gasteiger partial charge in [0.25, 0.3) is 5.91 Å². The molecule has 0 aliphatic carbocycles. The van der Waals surface area contributed by atoms with Gasteiger partial charge in [0.1, 0.15) is 0 Å². The third kappa shape index (κ3) is 3.95. The molecular weight excluding hydrogens is 342 g/mol. The summed E-state index contributed by atoms with van der Waals surface area (Å²) in [4.78, 5) is 14.3. The summed E-state index contributed by atoms with van der Waals surface area (Å²) < 4.78 is 0.851. The van der Waals surface area contributed by atoms with Crippen LogP contribution in [-0.4, -0.2) is 36.5 Å². The predicted octanol–water partition coefficient (Wildman–Crippen LogP) is 2.82. The van der Waals surface area contributed by atoms with Gasteiger partial charge in [0.05, 0.1) is 23.2 Å². The SMILES string of the molecule is N#CCN1CCC(NC(=O)c2ccc(Br)cc2Cl)CC1. The number of piperidine rings is 1. The average molecular weight is 357 g/mol. The molecule has 1 fully saturated rings. The Kier molecular flexibility index (Phi) is 5.41. The monoisotopic (exact) mass is 355 g/mol. The Labute approximate surface area is 131 Å². The van der Waals surface area contributed by atoms with Gasteiger partial charge in [-0.25, -0.2) is 0 Å². The summed E-state index contributed by atoms with van der Waals surface area (Å²) in [5, 5.41) is 12.1. The Morgan fingerprint density at radius 3 is 2.80 bits per heavy atom. The van der Waals surface area contributed by atoms with E-state index in [0.29, 0.717) is 17.1 Å². The molecule has 1 aliphatic rings. The van der Waals surface area contributed by atoms with Gasteiger partial charge < -0.3 is 5.32 Å². The number of hydrogen-bond donors (Lipinski definition) is 1. The van der Waals surface area contributed by atoms with Gasteiger partial charge in [0, 0.05) is 23.6 Å². The molecule has 0 aromatic heterocycles. The van der Waals surface area contributed by atoms with Crippen LogP contribution in [0, 0.1) is 11.3 Å². The van der Waals surface area contributed by atoms with Gasteiger partial charge in [-0.2, -0.15) is 5.26 Å². The lowest BCUT2D eigenvalue weighted by atomic mass is 10.0. The van der Waals surface area contributed by atoms with Crippen molar-refractivity contribution in [2.75, 3.05) is 19.6 Å². The molecule has 1 N–H and O–H groups in total. The van der Waals surface area contributed by atoms with E-state index < -0.39 is 0 Å². The summed E-state index contributed by atoms with van der Waals surface area (Å²) >= 11 is 9.39. The van der Waals surface area contributed by atoms with Gasteiger partial charge in [-0.3, -0.25) is 9.69 Å². The number of carbonyl (C=O) groups is 1. The van der Waals surface area contributed by atoms with E-state index in [9.17, 15) is 4.79 Å². The molecule has 1 aromatic rings. The van der Waals surface area contributed by atoms with Gasteiger partial charge in [-0.15, -0.1) is 0 Å². The van der Waals surface area contributed by atoms with Crippen molar-refractivity contribution in [3.05, 3.63) is 33.3 Å². The van der Waals surface area contributed by atoms with E-state index in [2.05, 4.69) is 32.2 Å². The number of nitrogens with one attached hydrogen (secondary N) is 1. The van der Waals surface area contributed by atoms with E-state index in [1.807, 2.05) is 0 Å². The highest BCUT2D eigenvalue weighted by molar-refractivity contribution is 9.10. The Hall–Kier alpha value is -1.09. The highest BCUT2D eigenvalue weighted by Crippen LogP contribution is 2.21. The van der Waals surface area contributed by atoms with Crippen LogP contribution in [0.3, 0.4) is 0 Å². The maximum Gasteiger partial charge on any atom is 0.253 e. The van der Waals surface area contributed by atoms with E-state index in [-0.39, 0.29) is 11.9 Å². The number of rotatable bonds is 3. The van der Waals surface area contributed by atoms with Crippen molar-refractivity contribution in [2.24, 2.45) is 0 Å². The first kappa shape index (κ1) is 15.3. The Bertz CT molecular complexity index is 536. The summed E-state index contributed by atoms with van der Waals surface area (Å²) in [6, 6.07) is 7.53. The summed E-state index contributed by atoms with van der Waals surface area (Å²) in [7, 11) is 0. The van der Waals surface area contributed by atoms with Crippen LogP contribution in [0.5, 0.6) is 0 Å². The van der Waals surface area contributed by atoms with E-state index in [1.54, 1.807) is 18.2 Å². The van der Waals surface area contributed by atoms with Crippen LogP contribution >= 0.6 is 27.5 Å². The Balaban J connectivity index is 1.91. The number of likely N-dealkylation sites (tertiary alicyclic amines) is 1. The largest absolute Gasteiger partial charge is 0.349 e. The van der Waals surface area contributed by atoms with Gasteiger partial charge in [0.2, 0.25) is 0 Å². The first-order valence-electron chi connectivity index (χ1n) is 6.45. The molecule has 1 heterocycles. The fourth-order valence-electron chi connectivity index (χ4n) is 2.27. The molecule has 6 heteroatoms. The molecule has 106 valence electrons. The normalized spacial score (nSPS) is 16.6. The molecule has 20 heavy (non-hydrogen) atoms. The number of benzene rings is 1. The van der Waals surface area contributed by atoms with Gasteiger partial charge >= 0.3 is 0 Å². The first-order valence-corrected chi connectivity index (χ1v) is 7.62. The first-order chi connectivity index (χ1) is 9.60. The second-order valence-corrected chi connectivity index (χ2v) is 6.13. The van der Waals surface area contributed by atoms with Gasteiger partial charge in [-0.05, 0) is 31.0 Å². The zero-order chi connectivity index (χ0) is 14.5. The minimum absolute atomic E-state index is 0.138. The molecule has 0 saturated carbocycles. The minimum Gasteiger partial charge on any atom is -0.349 e. The fraction of sp³-hybridized carbons (Fsp3) is 0.429. The number of hydrogen-bond acceptors (Lipinski definition) is 3. The zero-order valence-corrected chi connectivity index (χ0v) is 13.2. The fourth-order valence-corrected chi connectivity index (χ4v) is 3.03. The lowest BCUT2D eigenvalue weighted by Gasteiger charge is -2.30. The van der Waals surface area contributed by atoms with Crippen LogP contribution in [0.15, 0.2) is 22.7 Å². The third-order valence-corrected chi connectivity index (χ3v) is 4.20. The van der Waals surface area contributed by atoms with Gasteiger partial charge in [-0.1, -0.05) is 27.5 Å². The summed E-state index contributed by atoms with van der Waals surface area (Å²) in [6.45, 7) is 2.14. The van der Waals surface area contributed by atoms with Gasteiger partial charge in [0.15, 0.2) is 0 Å². The highest BCUT2D eigenvalue weighted by atomic mass is 79.9. The summed E-state index contributed by atoms with van der Waals surface area (Å²) in [5.41, 5.74) is 0.495. The minimum atomic E-state index is -0.138. The zero-order valence-electron chi connectivity index (χ0n) is 10.9. The van der Waals surface area contributed by atoms with Crippen LogP contribution in [0.1, 0.15) is 23.2 Å². The van der Waals surface area contributed by atoms with Crippen LogP contribution < -0.4 is 5.32 Å². The van der Waals surface area contributed by atoms with Crippen molar-refractivity contribution < 1.29 is 4.79 Å². The molecule has 0 bridgehead atoms. The number of halogens is 2. The van der Waals surface area contributed by atoms with Crippen LogP contribution in [0.2, 0.25) is 5.02 Å². The predicted molar refractivity (Wildman–Crippen MR) is 81.7 cm³/mol. The van der Waals surface area contributed by atoms with Crippen molar-refractivity contribution in [3.8, 4) is 6.07 Å². The molecule has 1 saturated heterocycles. The van der Waals surface area contributed by atoms with Crippen molar-refractivity contribution in [1.82, 2.24) is 10.2 Å². The molecule has 0 radical (unpaired) electrons. The maximum absolute atomic E-state index is 12.2. The number of nitriles is 1. The second kappa shape index (κ2) is 7.07. The molecule has 0 unspecified atom stereocenters. The number of carbonyl (C=O) groups excluding carboxylic acids is 1. The molecule has 1 aromatic carbocycles. The molecule has 1 aliphatic heterocycles. The third-order valence-electron chi connectivity index (χ3n) is 3.39. The summed E-state index contributed by atoms with van der Waals surface area (Å²) in [5.74, 6) is -0.138. The molecular formula is C14H15BrClN3O. The van der Waals surface area contributed by atoms with Crippen molar-refractivity contribution in [3.63, 3.8) is 0 Å². The topological polar surface area (TPSA) is 56.1 Å². The lowest BCUT2D eigenvalue weighted by Crippen LogP contribution is -2.44. The van der Waals surface area contributed by atoms with Crippen molar-refractivity contribution >= 4 is 33.4 Å². The van der Waals surface area contributed by atoms with Crippen molar-refractivity contribution in [2.45, 2.75) is 18.9 Å². The number of nitrogens with zero attached hydrogens (tertiary/aromatic N) is 2. The lowest BCUT2D eigenvalue weighted by molar-refractivity contribution is 0.0914. The van der Waals surface area contributed by atoms with Crippen LogP contribution in [0.25, 0.3) is 0 Å². The van der Waals surface area contributed by atoms with Crippen molar-refractivity contribution in [1.29, 1.82) is 5.26 Å². The Morgan fingerprint density at radius 1 is 1.50 bits per heavy atom. The summed E-state index contributed by atoms with van der Waals surface area (Å²) in [6.07, 6.45) is 1.73. The highest BCUT2D eigenvalue weighted by Gasteiger charge is 2.21. The van der Waals surface area contributed by atoms with E-state index in [4.69, 9.17) is 16.9 Å². The molecule has 0 spiro atoms. The standard InChI is InChI=1S/C14H15BrClN3O/c15-10-1-2-12(13(16)9-10)14(20)18-11-3-6-19(7-4-11)8-5-17/h1-2,9,11H,3-4,6-8H2,(H,18,20). The Morgan fingerprint density at radius 2 is 2.20 bits per heavy atom. The smallest absolute Gasteiger partial charge is 0.253 e. The van der Waals surface area contributed by atoms with E-state index in [1.165, 1.54) is 0 Å². The molecule has 2 rings (SSSR count). The average Bonchev–Trinajstić information content (AvgIpc) is 2.41. The van der Waals surface area contributed by atoms with Crippen LogP contribution in [0.4, 0.5) is 0 Å². The van der Waals surface area contributed by atoms with E-state index in [0.717, 1.165) is 30.4 Å². The number of amides is 1. The second-order valence-electron chi connectivity index (χ2n) is 4.81. The quantitative estimate of drug-likeness (QED) is 0.847. The molecule has 0 atom stereocenters. The van der Waals surface area contributed by atoms with E-state index >= 15 is 0 Å². The van der Waals surface area contributed by atoms with Crippen LogP contribution in [-0.2, 0) is 0 Å². The molecule has 4 nitrogen and oxygen atoms in total. The molecule has 1 amide bonds. The maximum atomic E-state index is 12.2.